The molecule has 4 heteroatoms. The second-order valence-corrected chi connectivity index (χ2v) is 4.23. The van der Waals surface area contributed by atoms with Crippen molar-refractivity contribution in [2.75, 3.05) is 0 Å². The molecule has 2 rings (SSSR count). The number of fused-ring (bicyclic) bond motifs is 1. The van der Waals surface area contributed by atoms with Crippen LogP contribution in [-0.4, -0.2) is 21.6 Å². The summed E-state index contributed by atoms with van der Waals surface area (Å²) >= 11 is 0. The molecule has 1 heterocycles. The van der Waals surface area contributed by atoms with Gasteiger partial charge in [-0.25, -0.2) is 4.79 Å². The Balaban J connectivity index is 2.73. The van der Waals surface area contributed by atoms with E-state index in [4.69, 9.17) is 5.11 Å². The van der Waals surface area contributed by atoms with E-state index in [0.717, 1.165) is 0 Å². The Morgan fingerprint density at radius 2 is 1.88 bits per heavy atom. The first kappa shape index (κ1) is 11.4. The average Bonchev–Trinajstić information content (AvgIpc) is 2.67. The normalized spacial score (nSPS) is 11.0. The molecule has 0 atom stereocenters. The topological polar surface area (TPSA) is 59.3 Å². The molecule has 0 aliphatic rings. The van der Waals surface area contributed by atoms with Gasteiger partial charge in [-0.1, -0.05) is 32.0 Å². The Kier molecular flexibility index (Phi) is 2.71. The third kappa shape index (κ3) is 1.82. The van der Waals surface area contributed by atoms with E-state index in [0.29, 0.717) is 10.9 Å². The monoisotopic (exact) mass is 231 g/mol. The summed E-state index contributed by atoms with van der Waals surface area (Å²) in [5, 5.41) is 9.68. The molecular formula is C13H13NO3. The number of hydrogen-bond acceptors (Lipinski definition) is 2. The van der Waals surface area contributed by atoms with Crippen molar-refractivity contribution in [1.29, 1.82) is 0 Å². The molecule has 0 saturated carbocycles. The average molecular weight is 231 g/mol. The van der Waals surface area contributed by atoms with Gasteiger partial charge in [0.05, 0.1) is 11.1 Å². The number of aromatic nitrogens is 1. The first-order valence-corrected chi connectivity index (χ1v) is 5.40. The van der Waals surface area contributed by atoms with Crippen LogP contribution in [0.3, 0.4) is 0 Å². The molecule has 0 saturated heterocycles. The van der Waals surface area contributed by atoms with Crippen molar-refractivity contribution in [3.05, 3.63) is 36.0 Å². The highest BCUT2D eigenvalue weighted by Crippen LogP contribution is 2.22. The number of carboxylic acids is 1. The van der Waals surface area contributed by atoms with Gasteiger partial charge in [-0.3, -0.25) is 9.36 Å². The second kappa shape index (κ2) is 4.05. The summed E-state index contributed by atoms with van der Waals surface area (Å²) in [6, 6.07) is 7.02. The third-order valence-electron chi connectivity index (χ3n) is 2.67. The molecule has 0 unspecified atom stereocenters. The Bertz CT molecular complexity index is 596. The lowest BCUT2D eigenvalue weighted by molar-refractivity contribution is 0.0699. The number of aromatic carboxylic acids is 1. The Labute approximate surface area is 98.5 Å². The standard InChI is InChI=1S/C13H13NO3/c1-8(2)12(15)14-7-10(13(16)17)9-5-3-4-6-11(9)14/h3-8H,1-2H3,(H,16,17). The fourth-order valence-electron chi connectivity index (χ4n) is 1.81. The van der Waals surface area contributed by atoms with Crippen molar-refractivity contribution in [3.8, 4) is 0 Å². The summed E-state index contributed by atoms with van der Waals surface area (Å²) < 4.78 is 1.42. The number of carbonyl (C=O) groups is 2. The van der Waals surface area contributed by atoms with Crippen LogP contribution < -0.4 is 0 Å². The van der Waals surface area contributed by atoms with Crippen molar-refractivity contribution < 1.29 is 14.7 Å². The largest absolute Gasteiger partial charge is 0.478 e. The summed E-state index contributed by atoms with van der Waals surface area (Å²) in [6.45, 7) is 3.58. The summed E-state index contributed by atoms with van der Waals surface area (Å²) in [4.78, 5) is 23.1. The Morgan fingerprint density at radius 1 is 1.24 bits per heavy atom. The van der Waals surface area contributed by atoms with E-state index < -0.39 is 5.97 Å². The van der Waals surface area contributed by atoms with E-state index in [2.05, 4.69) is 0 Å². The molecule has 0 aliphatic heterocycles. The van der Waals surface area contributed by atoms with E-state index in [9.17, 15) is 9.59 Å². The zero-order valence-corrected chi connectivity index (χ0v) is 9.68. The van der Waals surface area contributed by atoms with Crippen molar-refractivity contribution in [1.82, 2.24) is 4.57 Å². The molecule has 1 N–H and O–H groups in total. The molecule has 0 aliphatic carbocycles. The predicted molar refractivity (Wildman–Crippen MR) is 64.4 cm³/mol. The number of carboxylic acid groups (broad SMARTS) is 1. The fourth-order valence-corrected chi connectivity index (χ4v) is 1.81. The van der Waals surface area contributed by atoms with Gasteiger partial charge >= 0.3 is 5.97 Å². The molecule has 0 spiro atoms. The number of nitrogens with zero attached hydrogens (tertiary/aromatic N) is 1. The van der Waals surface area contributed by atoms with Crippen LogP contribution in [0.1, 0.15) is 29.0 Å². The summed E-state index contributed by atoms with van der Waals surface area (Å²) in [6.07, 6.45) is 1.40. The minimum atomic E-state index is -1.02. The number of carbonyl (C=O) groups excluding carboxylic acids is 1. The molecule has 0 fully saturated rings. The van der Waals surface area contributed by atoms with Gasteiger partial charge in [-0.05, 0) is 6.07 Å². The van der Waals surface area contributed by atoms with Gasteiger partial charge in [0.25, 0.3) is 0 Å². The van der Waals surface area contributed by atoms with Gasteiger partial charge in [0.2, 0.25) is 5.91 Å². The van der Waals surface area contributed by atoms with Crippen LogP contribution in [0.15, 0.2) is 30.5 Å². The quantitative estimate of drug-likeness (QED) is 0.864. The van der Waals surface area contributed by atoms with E-state index >= 15 is 0 Å². The summed E-state index contributed by atoms with van der Waals surface area (Å²) in [5.41, 5.74) is 0.804. The van der Waals surface area contributed by atoms with Gasteiger partial charge in [0, 0.05) is 17.5 Å². The van der Waals surface area contributed by atoms with Crippen molar-refractivity contribution >= 4 is 22.8 Å². The SMILES string of the molecule is CC(C)C(=O)n1cc(C(=O)O)c2ccccc21. The van der Waals surface area contributed by atoms with E-state index in [1.165, 1.54) is 10.8 Å². The van der Waals surface area contributed by atoms with Crippen LogP contribution in [0.25, 0.3) is 10.9 Å². The number of rotatable bonds is 2. The summed E-state index contributed by atoms with van der Waals surface area (Å²) in [5.74, 6) is -1.29. The molecule has 17 heavy (non-hydrogen) atoms. The highest BCUT2D eigenvalue weighted by Gasteiger charge is 2.18. The van der Waals surface area contributed by atoms with E-state index in [-0.39, 0.29) is 17.4 Å². The molecule has 0 bridgehead atoms. The highest BCUT2D eigenvalue weighted by atomic mass is 16.4. The van der Waals surface area contributed by atoms with Crippen LogP contribution in [0.5, 0.6) is 0 Å². The maximum absolute atomic E-state index is 12.0. The Morgan fingerprint density at radius 3 is 2.47 bits per heavy atom. The first-order chi connectivity index (χ1) is 8.02. The fraction of sp³-hybridized carbons (Fsp3) is 0.231. The molecule has 88 valence electrons. The zero-order valence-electron chi connectivity index (χ0n) is 9.68. The molecule has 2 aromatic rings. The lowest BCUT2D eigenvalue weighted by Crippen LogP contribution is -2.15. The minimum Gasteiger partial charge on any atom is -0.478 e. The van der Waals surface area contributed by atoms with Crippen molar-refractivity contribution in [2.24, 2.45) is 5.92 Å². The van der Waals surface area contributed by atoms with Gasteiger partial charge in [-0.2, -0.15) is 0 Å². The molecule has 1 aromatic carbocycles. The maximum atomic E-state index is 12.0. The third-order valence-corrected chi connectivity index (χ3v) is 2.67. The van der Waals surface area contributed by atoms with Crippen LogP contribution in [0.4, 0.5) is 0 Å². The lowest BCUT2D eigenvalue weighted by atomic mass is 10.2. The summed E-state index contributed by atoms with van der Waals surface area (Å²) in [7, 11) is 0. The molecule has 1 aromatic heterocycles. The van der Waals surface area contributed by atoms with Crippen LogP contribution >= 0.6 is 0 Å². The van der Waals surface area contributed by atoms with Crippen molar-refractivity contribution in [2.45, 2.75) is 13.8 Å². The molecule has 0 amide bonds. The van der Waals surface area contributed by atoms with Gasteiger partial charge in [-0.15, -0.1) is 0 Å². The first-order valence-electron chi connectivity index (χ1n) is 5.40. The van der Waals surface area contributed by atoms with Gasteiger partial charge in [0.15, 0.2) is 0 Å². The van der Waals surface area contributed by atoms with E-state index in [1.807, 2.05) is 0 Å². The lowest BCUT2D eigenvalue weighted by Gasteiger charge is -2.06. The highest BCUT2D eigenvalue weighted by molar-refractivity contribution is 6.06. The maximum Gasteiger partial charge on any atom is 0.337 e. The minimum absolute atomic E-state index is 0.103. The van der Waals surface area contributed by atoms with Crippen LogP contribution in [0.2, 0.25) is 0 Å². The zero-order chi connectivity index (χ0) is 12.6. The molecular weight excluding hydrogens is 218 g/mol. The Hall–Kier alpha value is -2.10. The smallest absolute Gasteiger partial charge is 0.337 e. The van der Waals surface area contributed by atoms with Gasteiger partial charge in [0.1, 0.15) is 0 Å². The van der Waals surface area contributed by atoms with Crippen molar-refractivity contribution in [3.63, 3.8) is 0 Å². The molecule has 0 radical (unpaired) electrons. The van der Waals surface area contributed by atoms with Gasteiger partial charge < -0.3 is 5.11 Å². The van der Waals surface area contributed by atoms with E-state index in [1.54, 1.807) is 38.1 Å². The number of para-hydroxylation sites is 1. The molecule has 4 nitrogen and oxygen atoms in total. The number of benzene rings is 1. The predicted octanol–water partition coefficient (Wildman–Crippen LogP) is 2.64. The second-order valence-electron chi connectivity index (χ2n) is 4.23. The van der Waals surface area contributed by atoms with Crippen LogP contribution in [0, 0.1) is 5.92 Å². The van der Waals surface area contributed by atoms with Crippen LogP contribution in [-0.2, 0) is 0 Å². The number of hydrogen-bond donors (Lipinski definition) is 1.